The van der Waals surface area contributed by atoms with Crippen LogP contribution in [0, 0.1) is 5.82 Å². The number of hydrogen-bond acceptors (Lipinski definition) is 4. The molecule has 18 heavy (non-hydrogen) atoms. The second kappa shape index (κ2) is 5.54. The van der Waals surface area contributed by atoms with Gasteiger partial charge < -0.3 is 10.6 Å². The highest BCUT2D eigenvalue weighted by atomic mass is 32.2. The fraction of sp³-hybridized carbons (Fsp3) is 0.308. The smallest absolute Gasteiger partial charge is 0.141 e. The first-order valence-corrected chi connectivity index (χ1v) is 6.68. The summed E-state index contributed by atoms with van der Waals surface area (Å²) in [5, 5.41) is 0.811. The lowest BCUT2D eigenvalue weighted by Crippen LogP contribution is -2.14. The Labute approximate surface area is 110 Å². The number of anilines is 1. The Morgan fingerprint density at radius 2 is 2.22 bits per heavy atom. The van der Waals surface area contributed by atoms with Crippen LogP contribution in [0.4, 0.5) is 10.1 Å². The summed E-state index contributed by atoms with van der Waals surface area (Å²) in [5.74, 6) is 0.530. The highest BCUT2D eigenvalue weighted by Crippen LogP contribution is 2.32. The molecule has 2 N–H and O–H groups in total. The molecule has 96 valence electrons. The van der Waals surface area contributed by atoms with Gasteiger partial charge in [0.25, 0.3) is 0 Å². The highest BCUT2D eigenvalue weighted by Gasteiger charge is 2.12. The molecule has 0 fully saturated rings. The molecule has 5 heteroatoms. The summed E-state index contributed by atoms with van der Waals surface area (Å²) in [6.07, 6.45) is 1.66. The molecular weight excluding hydrogens is 249 g/mol. The number of hydrogen-bond donors (Lipinski definition) is 1. The van der Waals surface area contributed by atoms with Crippen molar-refractivity contribution in [3.63, 3.8) is 0 Å². The van der Waals surface area contributed by atoms with Crippen LogP contribution in [0.5, 0.6) is 0 Å². The molecule has 0 unspecified atom stereocenters. The van der Waals surface area contributed by atoms with Crippen LogP contribution in [0.3, 0.4) is 0 Å². The Kier molecular flexibility index (Phi) is 4.04. The van der Waals surface area contributed by atoms with E-state index >= 15 is 0 Å². The normalized spacial score (nSPS) is 11.3. The minimum Gasteiger partial charge on any atom is -0.398 e. The first-order chi connectivity index (χ1) is 8.59. The van der Waals surface area contributed by atoms with Crippen molar-refractivity contribution in [2.24, 2.45) is 0 Å². The maximum absolute atomic E-state index is 14.0. The number of thioether (sulfide) groups is 1. The second-order valence-corrected chi connectivity index (χ2v) is 5.43. The van der Waals surface area contributed by atoms with Gasteiger partial charge in [0.15, 0.2) is 0 Å². The van der Waals surface area contributed by atoms with Gasteiger partial charge in [0.05, 0.1) is 10.4 Å². The van der Waals surface area contributed by atoms with Crippen LogP contribution in [0.1, 0.15) is 0 Å². The van der Waals surface area contributed by atoms with Gasteiger partial charge in [-0.05, 0) is 32.3 Å². The minimum atomic E-state index is -0.289. The van der Waals surface area contributed by atoms with E-state index in [0.717, 1.165) is 17.7 Å². The van der Waals surface area contributed by atoms with E-state index < -0.39 is 0 Å². The molecule has 3 nitrogen and oxygen atoms in total. The van der Waals surface area contributed by atoms with Crippen LogP contribution in [0.25, 0.3) is 10.9 Å². The summed E-state index contributed by atoms with van der Waals surface area (Å²) in [4.78, 5) is 6.90. The lowest BCUT2D eigenvalue weighted by Gasteiger charge is -2.11. The number of nitrogens with zero attached hydrogens (tertiary/aromatic N) is 2. The van der Waals surface area contributed by atoms with E-state index in [1.807, 2.05) is 26.2 Å². The molecule has 1 aromatic heterocycles. The van der Waals surface area contributed by atoms with Crippen molar-refractivity contribution in [3.05, 3.63) is 30.2 Å². The van der Waals surface area contributed by atoms with E-state index in [1.54, 1.807) is 6.20 Å². The largest absolute Gasteiger partial charge is 0.398 e. The van der Waals surface area contributed by atoms with Gasteiger partial charge in [-0.1, -0.05) is 0 Å². The SMILES string of the molecule is CN(C)CCSc1c(F)cc(N)c2cccnc12. The summed E-state index contributed by atoms with van der Waals surface area (Å²) >= 11 is 1.48. The topological polar surface area (TPSA) is 42.1 Å². The van der Waals surface area contributed by atoms with Crippen molar-refractivity contribution in [1.29, 1.82) is 0 Å². The lowest BCUT2D eigenvalue weighted by molar-refractivity contribution is 0.437. The average molecular weight is 265 g/mol. The van der Waals surface area contributed by atoms with E-state index in [1.165, 1.54) is 17.8 Å². The molecule has 0 aliphatic carbocycles. The van der Waals surface area contributed by atoms with Crippen molar-refractivity contribution in [3.8, 4) is 0 Å². The first kappa shape index (κ1) is 13.1. The number of pyridine rings is 1. The number of nitrogen functional groups attached to an aromatic ring is 1. The van der Waals surface area contributed by atoms with Gasteiger partial charge in [0.2, 0.25) is 0 Å². The lowest BCUT2D eigenvalue weighted by atomic mass is 10.2. The number of aromatic nitrogens is 1. The second-order valence-electron chi connectivity index (χ2n) is 4.33. The molecule has 1 aromatic carbocycles. The summed E-state index contributed by atoms with van der Waals surface area (Å²) in [7, 11) is 3.99. The molecule has 1 heterocycles. The molecule has 0 saturated carbocycles. The Morgan fingerprint density at radius 3 is 2.94 bits per heavy atom. The maximum atomic E-state index is 14.0. The van der Waals surface area contributed by atoms with Gasteiger partial charge in [-0.25, -0.2) is 4.39 Å². The van der Waals surface area contributed by atoms with Crippen molar-refractivity contribution < 1.29 is 4.39 Å². The number of fused-ring (bicyclic) bond motifs is 1. The first-order valence-electron chi connectivity index (χ1n) is 5.70. The third-order valence-electron chi connectivity index (χ3n) is 2.62. The van der Waals surface area contributed by atoms with E-state index in [4.69, 9.17) is 5.73 Å². The van der Waals surface area contributed by atoms with Gasteiger partial charge in [-0.2, -0.15) is 0 Å². The van der Waals surface area contributed by atoms with Crippen LogP contribution >= 0.6 is 11.8 Å². The average Bonchev–Trinajstić information content (AvgIpc) is 2.33. The summed E-state index contributed by atoms with van der Waals surface area (Å²) in [5.41, 5.74) is 6.89. The van der Waals surface area contributed by atoms with E-state index in [9.17, 15) is 4.39 Å². The number of nitrogens with two attached hydrogens (primary N) is 1. The van der Waals surface area contributed by atoms with Gasteiger partial charge in [-0.15, -0.1) is 11.8 Å². The monoisotopic (exact) mass is 265 g/mol. The van der Waals surface area contributed by atoms with E-state index in [2.05, 4.69) is 9.88 Å². The van der Waals surface area contributed by atoms with Crippen LogP contribution in [-0.4, -0.2) is 36.3 Å². The summed E-state index contributed by atoms with van der Waals surface area (Å²) < 4.78 is 14.0. The van der Waals surface area contributed by atoms with Crippen LogP contribution in [0.15, 0.2) is 29.3 Å². The van der Waals surface area contributed by atoms with E-state index in [-0.39, 0.29) is 5.82 Å². The van der Waals surface area contributed by atoms with Crippen molar-refractivity contribution >= 4 is 28.4 Å². The highest BCUT2D eigenvalue weighted by molar-refractivity contribution is 7.99. The molecule has 0 atom stereocenters. The standard InChI is InChI=1S/C13H16FN3S/c1-17(2)6-7-18-13-10(14)8-11(15)9-4-3-5-16-12(9)13/h3-5,8H,6-7,15H2,1-2H3. The predicted molar refractivity (Wildman–Crippen MR) is 75.4 cm³/mol. The van der Waals surface area contributed by atoms with Crippen LogP contribution in [0.2, 0.25) is 0 Å². The van der Waals surface area contributed by atoms with Gasteiger partial charge in [0.1, 0.15) is 5.82 Å². The zero-order valence-electron chi connectivity index (χ0n) is 10.5. The Balaban J connectivity index is 2.37. The maximum Gasteiger partial charge on any atom is 0.141 e. The fourth-order valence-electron chi connectivity index (χ4n) is 1.68. The molecule has 0 spiro atoms. The van der Waals surface area contributed by atoms with Crippen molar-refractivity contribution in [1.82, 2.24) is 9.88 Å². The molecule has 2 aromatic rings. The minimum absolute atomic E-state index is 0.289. The quantitative estimate of drug-likeness (QED) is 0.681. The molecule has 2 rings (SSSR count). The van der Waals surface area contributed by atoms with Gasteiger partial charge >= 0.3 is 0 Å². The van der Waals surface area contributed by atoms with Crippen molar-refractivity contribution in [2.45, 2.75) is 4.90 Å². The zero-order valence-corrected chi connectivity index (χ0v) is 11.3. The molecule has 0 amide bonds. The summed E-state index contributed by atoms with van der Waals surface area (Å²) in [6.45, 7) is 0.892. The third kappa shape index (κ3) is 2.73. The summed E-state index contributed by atoms with van der Waals surface area (Å²) in [6, 6.07) is 5.06. The Hall–Kier alpha value is -1.33. The molecule has 0 bridgehead atoms. The molecule has 0 aliphatic heterocycles. The van der Waals surface area contributed by atoms with Gasteiger partial charge in [-0.3, -0.25) is 4.98 Å². The number of benzene rings is 1. The zero-order chi connectivity index (χ0) is 13.1. The number of rotatable bonds is 4. The molecule has 0 saturated heterocycles. The third-order valence-corrected chi connectivity index (χ3v) is 3.68. The fourth-order valence-corrected chi connectivity index (χ4v) is 2.84. The van der Waals surface area contributed by atoms with Crippen LogP contribution < -0.4 is 5.73 Å². The molecule has 0 aliphatic rings. The molecular formula is C13H16FN3S. The predicted octanol–water partition coefficient (Wildman–Crippen LogP) is 2.61. The molecule has 0 radical (unpaired) electrons. The Morgan fingerprint density at radius 1 is 1.44 bits per heavy atom. The Bertz CT molecular complexity index is 557. The van der Waals surface area contributed by atoms with Gasteiger partial charge in [0, 0.05) is 29.6 Å². The van der Waals surface area contributed by atoms with E-state index in [0.29, 0.717) is 16.1 Å². The van der Waals surface area contributed by atoms with Crippen LogP contribution in [-0.2, 0) is 0 Å². The number of halogens is 1. The van der Waals surface area contributed by atoms with Crippen molar-refractivity contribution in [2.75, 3.05) is 32.1 Å².